The molecule has 8 atom stereocenters. The Morgan fingerprint density at radius 2 is 0.829 bits per heavy atom. The first-order valence-corrected chi connectivity index (χ1v) is 35.3. The molecular weight excluding hydrogens is 1030 g/mol. The summed E-state index contributed by atoms with van der Waals surface area (Å²) in [5, 5.41) is 57.2. The number of esters is 1. The smallest absolute Gasteiger partial charge is 0.306 e. The number of hydrogen-bond acceptors (Lipinski definition) is 10. The summed E-state index contributed by atoms with van der Waals surface area (Å²) in [6.07, 6.45) is 62.0. The van der Waals surface area contributed by atoms with Gasteiger partial charge < -0.3 is 45.1 Å². The van der Waals surface area contributed by atoms with Crippen LogP contribution in [0.15, 0.2) is 36.5 Å². The average molecular weight is 1160 g/mol. The number of hydrogen-bond donors (Lipinski definition) is 6. The van der Waals surface area contributed by atoms with Crippen LogP contribution in [-0.4, -0.2) is 99.6 Å². The minimum Gasteiger partial charge on any atom is -0.454 e. The molecule has 1 saturated heterocycles. The second kappa shape index (κ2) is 59.2. The number of rotatable bonds is 61. The first-order chi connectivity index (χ1) is 40.2. The maximum Gasteiger partial charge on any atom is 0.306 e. The Morgan fingerprint density at radius 1 is 0.476 bits per heavy atom. The lowest BCUT2D eigenvalue weighted by Crippen LogP contribution is -2.61. The van der Waals surface area contributed by atoms with Crippen LogP contribution in [-0.2, 0) is 23.8 Å². The summed E-state index contributed by atoms with van der Waals surface area (Å²) >= 11 is 0. The van der Waals surface area contributed by atoms with Crippen molar-refractivity contribution in [2.45, 2.75) is 391 Å². The van der Waals surface area contributed by atoms with Crippen molar-refractivity contribution in [1.82, 2.24) is 5.32 Å². The number of carbonyl (C=O) groups is 2. The molecule has 1 fully saturated rings. The van der Waals surface area contributed by atoms with Crippen molar-refractivity contribution >= 4 is 11.9 Å². The third kappa shape index (κ3) is 46.1. The van der Waals surface area contributed by atoms with E-state index in [0.717, 1.165) is 83.5 Å². The summed E-state index contributed by atoms with van der Waals surface area (Å²) in [5.74, 6) is -1.19. The molecule has 1 aliphatic heterocycles. The van der Waals surface area contributed by atoms with Crippen molar-refractivity contribution < 1.29 is 49.3 Å². The summed E-state index contributed by atoms with van der Waals surface area (Å²) in [6.45, 7) is 5.80. The Morgan fingerprint density at radius 3 is 1.24 bits per heavy atom. The molecule has 8 unspecified atom stereocenters. The highest BCUT2D eigenvalue weighted by Gasteiger charge is 2.47. The number of carbonyl (C=O) groups excluding carboxylic acids is 2. The Labute approximate surface area is 504 Å². The molecule has 0 aromatic rings. The van der Waals surface area contributed by atoms with E-state index in [-0.39, 0.29) is 13.0 Å². The van der Waals surface area contributed by atoms with Gasteiger partial charge in [0.25, 0.3) is 0 Å². The molecule has 482 valence electrons. The van der Waals surface area contributed by atoms with Crippen LogP contribution in [0.3, 0.4) is 0 Å². The van der Waals surface area contributed by atoms with E-state index >= 15 is 0 Å². The summed E-state index contributed by atoms with van der Waals surface area (Å²) in [4.78, 5) is 26.6. The minimum absolute atomic E-state index is 0.113. The van der Waals surface area contributed by atoms with Crippen LogP contribution in [0.5, 0.6) is 0 Å². The van der Waals surface area contributed by atoms with Gasteiger partial charge in [-0.3, -0.25) is 9.59 Å². The molecule has 0 saturated carbocycles. The Kier molecular flexibility index (Phi) is 56.3. The highest BCUT2D eigenvalue weighted by Crippen LogP contribution is 2.26. The fourth-order valence-electron chi connectivity index (χ4n) is 11.2. The van der Waals surface area contributed by atoms with E-state index in [1.54, 1.807) is 6.08 Å². The normalized spacial score (nSPS) is 18.8. The number of aliphatic hydroxyl groups excluding tert-OH is 5. The molecule has 6 N–H and O–H groups in total. The quantitative estimate of drug-likeness (QED) is 0.0149. The number of amides is 1. The van der Waals surface area contributed by atoms with Crippen LogP contribution in [0.4, 0.5) is 0 Å². The van der Waals surface area contributed by atoms with Gasteiger partial charge in [-0.1, -0.05) is 320 Å². The standard InChI is InChI=1S/C71H133NO10/c1-4-7-10-13-16-19-22-25-27-28-29-30-31-32-33-34-35-36-37-39-40-43-46-49-52-55-58-64(75)70(79)72-62(63(74)57-54-51-48-45-42-24-21-18-15-12-9-6-3)61-80-71-69(68(78)67(77)65(60-73)81-71)82-66(76)59-56-53-50-47-44-41-38-26-23-20-17-14-11-8-5-2/h17,20,23,26,54,57,62-65,67-69,71,73-75,77-78H,4-16,18-19,21-22,24-25,27-53,55-56,58-61H2,1-3H3,(H,72,79)/b20-17+,26-23+,57-54+. The molecule has 11 heteroatoms. The number of ether oxygens (including phenoxy) is 3. The van der Waals surface area contributed by atoms with E-state index < -0.39 is 67.4 Å². The van der Waals surface area contributed by atoms with Crippen LogP contribution >= 0.6 is 0 Å². The van der Waals surface area contributed by atoms with Crippen molar-refractivity contribution in [2.24, 2.45) is 0 Å². The number of aliphatic hydroxyl groups is 5. The second-order valence-corrected chi connectivity index (χ2v) is 24.7. The van der Waals surface area contributed by atoms with Crippen molar-refractivity contribution in [3.05, 3.63) is 36.5 Å². The van der Waals surface area contributed by atoms with E-state index in [0.29, 0.717) is 19.3 Å². The Balaban J connectivity index is 2.54. The monoisotopic (exact) mass is 1160 g/mol. The van der Waals surface area contributed by atoms with E-state index in [2.05, 4.69) is 50.4 Å². The van der Waals surface area contributed by atoms with Gasteiger partial charge in [0, 0.05) is 6.42 Å². The van der Waals surface area contributed by atoms with Gasteiger partial charge in [-0.25, -0.2) is 0 Å². The average Bonchev–Trinajstić information content (AvgIpc) is 3.44. The molecule has 1 amide bonds. The van der Waals surface area contributed by atoms with Gasteiger partial charge in [0.15, 0.2) is 12.4 Å². The molecule has 11 nitrogen and oxygen atoms in total. The predicted molar refractivity (Wildman–Crippen MR) is 343 cm³/mol. The Bertz CT molecular complexity index is 1470. The summed E-state index contributed by atoms with van der Waals surface area (Å²) < 4.78 is 17.7. The van der Waals surface area contributed by atoms with Crippen molar-refractivity contribution in [3.8, 4) is 0 Å². The minimum atomic E-state index is -1.62. The maximum atomic E-state index is 13.5. The van der Waals surface area contributed by atoms with Gasteiger partial charge in [-0.2, -0.15) is 0 Å². The lowest BCUT2D eigenvalue weighted by atomic mass is 9.99. The zero-order chi connectivity index (χ0) is 59.6. The summed E-state index contributed by atoms with van der Waals surface area (Å²) in [5.41, 5.74) is 0. The zero-order valence-electron chi connectivity index (χ0n) is 53.6. The van der Waals surface area contributed by atoms with Gasteiger partial charge in [0.05, 0.1) is 25.4 Å². The predicted octanol–water partition coefficient (Wildman–Crippen LogP) is 17.8. The van der Waals surface area contributed by atoms with Gasteiger partial charge in [-0.15, -0.1) is 0 Å². The van der Waals surface area contributed by atoms with E-state index in [4.69, 9.17) is 14.2 Å². The van der Waals surface area contributed by atoms with Crippen LogP contribution in [0, 0.1) is 0 Å². The summed E-state index contributed by atoms with van der Waals surface area (Å²) in [6, 6.07) is -1.02. The first-order valence-electron chi connectivity index (χ1n) is 35.3. The number of nitrogens with one attached hydrogen (secondary N) is 1. The molecule has 0 aromatic carbocycles. The molecule has 0 aromatic heterocycles. The third-order valence-electron chi connectivity index (χ3n) is 16.8. The first kappa shape index (κ1) is 77.9. The molecule has 1 aliphatic rings. The van der Waals surface area contributed by atoms with Crippen molar-refractivity contribution in [2.75, 3.05) is 13.2 Å². The van der Waals surface area contributed by atoms with Crippen LogP contribution in [0.1, 0.15) is 342 Å². The summed E-state index contributed by atoms with van der Waals surface area (Å²) in [7, 11) is 0. The lowest BCUT2D eigenvalue weighted by molar-refractivity contribution is -0.305. The Hall–Kier alpha value is -2.12. The maximum absolute atomic E-state index is 13.5. The molecule has 0 aliphatic carbocycles. The van der Waals surface area contributed by atoms with E-state index in [9.17, 15) is 35.1 Å². The van der Waals surface area contributed by atoms with Crippen LogP contribution < -0.4 is 5.32 Å². The van der Waals surface area contributed by atoms with E-state index in [1.165, 1.54) is 212 Å². The second-order valence-electron chi connectivity index (χ2n) is 24.7. The van der Waals surface area contributed by atoms with Crippen molar-refractivity contribution in [3.63, 3.8) is 0 Å². The number of unbranched alkanes of at least 4 members (excludes halogenated alkanes) is 44. The largest absolute Gasteiger partial charge is 0.454 e. The van der Waals surface area contributed by atoms with Gasteiger partial charge in [-0.05, 0) is 51.4 Å². The fourth-order valence-corrected chi connectivity index (χ4v) is 11.2. The molecule has 82 heavy (non-hydrogen) atoms. The number of allylic oxidation sites excluding steroid dienone is 5. The highest BCUT2D eigenvalue weighted by atomic mass is 16.7. The molecule has 0 radical (unpaired) electrons. The lowest BCUT2D eigenvalue weighted by Gasteiger charge is -2.41. The highest BCUT2D eigenvalue weighted by molar-refractivity contribution is 5.80. The van der Waals surface area contributed by atoms with Gasteiger partial charge in [0.2, 0.25) is 5.91 Å². The topological polar surface area (TPSA) is 175 Å². The SMILES string of the molecule is CCCCC/C=C/C=C/CCCCCCCCC(=O)OC1C(OCC(NC(=O)C(O)CCCCCCCCCCCCCCCCCCCCCCCCCCCC)C(O)/C=C/CCCCCCCCCCCC)OC(CO)C(O)C1O. The van der Waals surface area contributed by atoms with Gasteiger partial charge in [0.1, 0.15) is 24.4 Å². The van der Waals surface area contributed by atoms with E-state index in [1.807, 2.05) is 6.08 Å². The third-order valence-corrected chi connectivity index (χ3v) is 16.8. The molecule has 1 heterocycles. The zero-order valence-corrected chi connectivity index (χ0v) is 53.6. The molecule has 0 spiro atoms. The fraction of sp³-hybridized carbons (Fsp3) is 0.887. The molecular formula is C71H133NO10. The van der Waals surface area contributed by atoms with Crippen LogP contribution in [0.25, 0.3) is 0 Å². The van der Waals surface area contributed by atoms with Crippen LogP contribution in [0.2, 0.25) is 0 Å². The molecule has 1 rings (SSSR count). The molecule has 0 bridgehead atoms. The van der Waals surface area contributed by atoms with Crippen molar-refractivity contribution in [1.29, 1.82) is 0 Å². The van der Waals surface area contributed by atoms with Gasteiger partial charge >= 0.3 is 5.97 Å².